The Bertz CT molecular complexity index is 934. The van der Waals surface area contributed by atoms with Gasteiger partial charge in [0.15, 0.2) is 15.6 Å². The highest BCUT2D eigenvalue weighted by atomic mass is 32.2. The average Bonchev–Trinajstić information content (AvgIpc) is 2.93. The van der Waals surface area contributed by atoms with Gasteiger partial charge in [-0.3, -0.25) is 9.59 Å². The maximum absolute atomic E-state index is 12.6. The van der Waals surface area contributed by atoms with Crippen molar-refractivity contribution in [2.24, 2.45) is 0 Å². The number of aromatic amines is 1. The number of pyridine rings is 1. The molecule has 22 heavy (non-hydrogen) atoms. The third-order valence-electron chi connectivity index (χ3n) is 3.55. The molecule has 0 saturated carbocycles. The molecule has 0 atom stereocenters. The number of ketones is 1. The van der Waals surface area contributed by atoms with Crippen LogP contribution in [0.1, 0.15) is 28.0 Å². The minimum Gasteiger partial charge on any atom is -0.324 e. The Morgan fingerprint density at radius 2 is 2.05 bits per heavy atom. The van der Waals surface area contributed by atoms with Crippen molar-refractivity contribution in [2.45, 2.75) is 17.7 Å². The monoisotopic (exact) mass is 335 g/mol. The number of nitrogens with one attached hydrogen (secondary N) is 1. The Hall–Kier alpha value is -1.99. The number of aromatic nitrogens is 1. The second kappa shape index (κ2) is 5.33. The topological polar surface area (TPSA) is 84.1 Å². The lowest BCUT2D eigenvalue weighted by atomic mass is 9.89. The van der Waals surface area contributed by atoms with Crippen molar-refractivity contribution in [1.82, 2.24) is 4.98 Å². The number of carbonyl (C=O) groups is 1. The predicted octanol–water partition coefficient (Wildman–Crippen LogP) is 2.05. The molecule has 2 aromatic heterocycles. The number of fused-ring (bicyclic) bond motifs is 1. The number of sulfone groups is 1. The number of hydrogen-bond acceptors (Lipinski definition) is 5. The Labute approximate surface area is 131 Å². The molecular weight excluding hydrogens is 322 g/mol. The van der Waals surface area contributed by atoms with Crippen LogP contribution in [-0.2, 0) is 16.3 Å². The fourth-order valence-electron chi connectivity index (χ4n) is 2.47. The molecule has 3 rings (SSSR count). The smallest absolute Gasteiger partial charge is 0.266 e. The number of hydrogen-bond donors (Lipinski definition) is 1. The first-order valence-electron chi connectivity index (χ1n) is 6.60. The van der Waals surface area contributed by atoms with Gasteiger partial charge in [-0.1, -0.05) is 0 Å². The SMILES string of the molecule is CS(=O)(=O)c1cc2c([nH]c1=O)CCC(=Cc1ccsc1)C2=O. The third kappa shape index (κ3) is 2.69. The van der Waals surface area contributed by atoms with Crippen molar-refractivity contribution >= 4 is 33.0 Å². The number of rotatable bonds is 2. The van der Waals surface area contributed by atoms with E-state index < -0.39 is 15.4 Å². The van der Waals surface area contributed by atoms with Crippen LogP contribution in [0, 0.1) is 0 Å². The maximum Gasteiger partial charge on any atom is 0.266 e. The summed E-state index contributed by atoms with van der Waals surface area (Å²) in [4.78, 5) is 26.5. The molecule has 2 aromatic rings. The first-order chi connectivity index (χ1) is 10.4. The van der Waals surface area contributed by atoms with Crippen molar-refractivity contribution in [3.8, 4) is 0 Å². The van der Waals surface area contributed by atoms with E-state index in [2.05, 4.69) is 4.98 Å². The van der Waals surface area contributed by atoms with Gasteiger partial charge in [0.25, 0.3) is 5.56 Å². The summed E-state index contributed by atoms with van der Waals surface area (Å²) in [7, 11) is -3.67. The van der Waals surface area contributed by atoms with E-state index in [0.29, 0.717) is 24.1 Å². The van der Waals surface area contributed by atoms with Crippen LogP contribution < -0.4 is 5.56 Å². The van der Waals surface area contributed by atoms with E-state index in [1.165, 1.54) is 6.07 Å². The van der Waals surface area contributed by atoms with Crippen LogP contribution in [0.5, 0.6) is 0 Å². The molecule has 0 aliphatic heterocycles. The van der Waals surface area contributed by atoms with E-state index >= 15 is 0 Å². The Morgan fingerprint density at radius 3 is 2.68 bits per heavy atom. The minimum atomic E-state index is -3.67. The molecule has 0 unspecified atom stereocenters. The van der Waals surface area contributed by atoms with E-state index in [-0.39, 0.29) is 16.2 Å². The molecule has 0 aromatic carbocycles. The molecule has 1 N–H and O–H groups in total. The summed E-state index contributed by atoms with van der Waals surface area (Å²) >= 11 is 1.54. The number of thiophene rings is 1. The van der Waals surface area contributed by atoms with Crippen molar-refractivity contribution < 1.29 is 13.2 Å². The molecule has 1 aliphatic rings. The Kier molecular flexibility index (Phi) is 3.62. The van der Waals surface area contributed by atoms with E-state index in [9.17, 15) is 18.0 Å². The van der Waals surface area contributed by atoms with E-state index in [1.807, 2.05) is 22.9 Å². The van der Waals surface area contributed by atoms with Crippen LogP contribution in [0.3, 0.4) is 0 Å². The molecule has 5 nitrogen and oxygen atoms in total. The zero-order valence-electron chi connectivity index (χ0n) is 11.8. The number of Topliss-reactive ketones (excluding diaryl/α,β-unsaturated/α-hetero) is 1. The van der Waals surface area contributed by atoms with Gasteiger partial charge in [0.05, 0.1) is 0 Å². The molecule has 0 radical (unpaired) electrons. The van der Waals surface area contributed by atoms with Crippen LogP contribution in [0.2, 0.25) is 0 Å². The van der Waals surface area contributed by atoms with Gasteiger partial charge in [-0.2, -0.15) is 11.3 Å². The van der Waals surface area contributed by atoms with Gasteiger partial charge in [0.1, 0.15) is 4.90 Å². The summed E-state index contributed by atoms with van der Waals surface area (Å²) in [5.74, 6) is -0.228. The van der Waals surface area contributed by atoms with Gasteiger partial charge < -0.3 is 4.98 Å². The number of carbonyl (C=O) groups excluding carboxylic acids is 1. The average molecular weight is 335 g/mol. The van der Waals surface area contributed by atoms with Crippen molar-refractivity contribution in [3.63, 3.8) is 0 Å². The van der Waals surface area contributed by atoms with E-state index in [1.54, 1.807) is 11.3 Å². The predicted molar refractivity (Wildman–Crippen MR) is 85.1 cm³/mol. The standard InChI is InChI=1S/C15H13NO4S2/c1-22(19,20)13-7-11-12(16-15(13)18)3-2-10(14(11)17)6-9-4-5-21-8-9/h4-8H,2-3H2,1H3,(H,16,18). The quantitative estimate of drug-likeness (QED) is 0.851. The van der Waals surface area contributed by atoms with Gasteiger partial charge in [0, 0.05) is 23.1 Å². The molecule has 114 valence electrons. The largest absolute Gasteiger partial charge is 0.324 e. The van der Waals surface area contributed by atoms with Gasteiger partial charge in [-0.05, 0) is 47.4 Å². The normalized spacial score (nSPS) is 16.8. The molecule has 0 amide bonds. The van der Waals surface area contributed by atoms with Gasteiger partial charge in [-0.15, -0.1) is 0 Å². The van der Waals surface area contributed by atoms with Crippen LogP contribution in [-0.4, -0.2) is 25.4 Å². The molecular formula is C15H13NO4S2. The van der Waals surface area contributed by atoms with Crippen LogP contribution >= 0.6 is 11.3 Å². The summed E-state index contributed by atoms with van der Waals surface area (Å²) < 4.78 is 23.3. The number of H-pyrrole nitrogens is 1. The highest BCUT2D eigenvalue weighted by Crippen LogP contribution is 2.26. The highest BCUT2D eigenvalue weighted by molar-refractivity contribution is 7.90. The Balaban J connectivity index is 2.11. The third-order valence-corrected chi connectivity index (χ3v) is 5.36. The molecule has 0 spiro atoms. The Morgan fingerprint density at radius 1 is 1.27 bits per heavy atom. The molecule has 1 aliphatic carbocycles. The van der Waals surface area contributed by atoms with Gasteiger partial charge >= 0.3 is 0 Å². The van der Waals surface area contributed by atoms with Gasteiger partial charge in [-0.25, -0.2) is 8.42 Å². The van der Waals surface area contributed by atoms with Crippen molar-refractivity contribution in [3.05, 3.63) is 55.6 Å². The van der Waals surface area contributed by atoms with Crippen LogP contribution in [0.4, 0.5) is 0 Å². The fraction of sp³-hybridized carbons (Fsp3) is 0.200. The van der Waals surface area contributed by atoms with Gasteiger partial charge in [0.2, 0.25) is 0 Å². The molecule has 7 heteroatoms. The summed E-state index contributed by atoms with van der Waals surface area (Å²) in [5.41, 5.74) is 1.68. The van der Waals surface area contributed by atoms with Crippen molar-refractivity contribution in [1.29, 1.82) is 0 Å². The van der Waals surface area contributed by atoms with Crippen molar-refractivity contribution in [2.75, 3.05) is 6.26 Å². The highest BCUT2D eigenvalue weighted by Gasteiger charge is 2.26. The zero-order valence-corrected chi connectivity index (χ0v) is 13.4. The summed E-state index contributed by atoms with van der Waals surface area (Å²) in [6.07, 6.45) is 3.80. The maximum atomic E-state index is 12.6. The zero-order chi connectivity index (χ0) is 15.9. The van der Waals surface area contributed by atoms with E-state index in [4.69, 9.17) is 0 Å². The lowest BCUT2D eigenvalue weighted by Gasteiger charge is -2.17. The molecule has 0 saturated heterocycles. The lowest BCUT2D eigenvalue weighted by Crippen LogP contribution is -2.24. The minimum absolute atomic E-state index is 0.228. The molecule has 0 bridgehead atoms. The lowest BCUT2D eigenvalue weighted by molar-refractivity contribution is 0.102. The first-order valence-corrected chi connectivity index (χ1v) is 9.43. The first kappa shape index (κ1) is 14.9. The second-order valence-corrected chi connectivity index (χ2v) is 7.95. The van der Waals surface area contributed by atoms with Crippen LogP contribution in [0.25, 0.3) is 6.08 Å². The number of aryl methyl sites for hydroxylation is 1. The molecule has 2 heterocycles. The molecule has 0 fully saturated rings. The fourth-order valence-corrected chi connectivity index (χ4v) is 3.80. The number of allylic oxidation sites excluding steroid dienone is 1. The summed E-state index contributed by atoms with van der Waals surface area (Å²) in [5, 5.41) is 3.86. The van der Waals surface area contributed by atoms with Crippen LogP contribution in [0.15, 0.2) is 38.2 Å². The second-order valence-electron chi connectivity index (χ2n) is 5.18. The van der Waals surface area contributed by atoms with E-state index in [0.717, 1.165) is 11.8 Å². The summed E-state index contributed by atoms with van der Waals surface area (Å²) in [6, 6.07) is 3.11. The summed E-state index contributed by atoms with van der Waals surface area (Å²) in [6.45, 7) is 0.